The average molecular weight is 546 g/mol. The number of aryl methyl sites for hydroxylation is 2. The number of benzene rings is 2. The Hall–Kier alpha value is -4.25. The normalized spacial score (nSPS) is 12.8. The zero-order valence-corrected chi connectivity index (χ0v) is 22.4. The molecule has 2 aromatic carbocycles. The lowest BCUT2D eigenvalue weighted by Gasteiger charge is -2.24. The van der Waals surface area contributed by atoms with Crippen LogP contribution < -0.4 is 10.8 Å². The third kappa shape index (κ3) is 11.8. The summed E-state index contributed by atoms with van der Waals surface area (Å²) in [4.78, 5) is 57.5. The van der Waals surface area contributed by atoms with Crippen LogP contribution in [0.4, 0.5) is 0 Å². The highest BCUT2D eigenvalue weighted by atomic mass is 16.6. The van der Waals surface area contributed by atoms with Crippen molar-refractivity contribution < 1.29 is 54.5 Å². The quantitative estimate of drug-likeness (QED) is 0.327. The Morgan fingerprint density at radius 1 is 0.795 bits per heavy atom. The van der Waals surface area contributed by atoms with E-state index in [4.69, 9.17) is 14.6 Å². The highest BCUT2D eigenvalue weighted by molar-refractivity contribution is 5.95. The van der Waals surface area contributed by atoms with Crippen molar-refractivity contribution in [1.82, 2.24) is 0 Å². The van der Waals surface area contributed by atoms with Gasteiger partial charge in [0, 0.05) is 5.92 Å². The fraction of sp³-hybridized carbons (Fsp3) is 0.393. The summed E-state index contributed by atoms with van der Waals surface area (Å²) in [6.45, 7) is 8.50. The van der Waals surface area contributed by atoms with Crippen LogP contribution in [-0.2, 0) is 23.9 Å². The average Bonchev–Trinajstić information content (AvgIpc) is 2.85. The summed E-state index contributed by atoms with van der Waals surface area (Å²) in [5, 5.41) is 29.2. The van der Waals surface area contributed by atoms with Gasteiger partial charge in [0.1, 0.15) is 0 Å². The number of esters is 2. The molecule has 0 radical (unpaired) electrons. The van der Waals surface area contributed by atoms with E-state index < -0.39 is 42.1 Å². The number of ether oxygens (including phenoxy) is 2. The van der Waals surface area contributed by atoms with E-state index in [1.54, 1.807) is 38.1 Å². The highest BCUT2D eigenvalue weighted by Crippen LogP contribution is 2.14. The molecule has 0 amide bonds. The van der Waals surface area contributed by atoms with E-state index in [0.717, 1.165) is 24.1 Å². The number of rotatable bonds is 12. The molecule has 11 heteroatoms. The Balaban J connectivity index is 0.000000584. The number of aliphatic carboxylic acids is 3. The third-order valence-electron chi connectivity index (χ3n) is 5.47. The van der Waals surface area contributed by atoms with Crippen molar-refractivity contribution in [1.29, 1.82) is 0 Å². The molecule has 0 spiro atoms. The molecule has 0 aliphatic heterocycles. The lowest BCUT2D eigenvalue weighted by atomic mass is 9.94. The van der Waals surface area contributed by atoms with Crippen molar-refractivity contribution in [2.45, 2.75) is 52.7 Å². The minimum Gasteiger partial charge on any atom is -0.546 e. The molecule has 2 rings (SSSR count). The van der Waals surface area contributed by atoms with Crippen molar-refractivity contribution >= 4 is 29.8 Å². The van der Waals surface area contributed by atoms with E-state index in [1.807, 2.05) is 0 Å². The molecule has 0 aliphatic rings. The van der Waals surface area contributed by atoms with Crippen molar-refractivity contribution in [3.63, 3.8) is 0 Å². The molecule has 0 aromatic heterocycles. The van der Waals surface area contributed by atoms with Gasteiger partial charge in [-0.1, -0.05) is 49.2 Å². The van der Waals surface area contributed by atoms with Gasteiger partial charge in [0.05, 0.1) is 30.1 Å². The Morgan fingerprint density at radius 3 is 1.51 bits per heavy atom. The predicted molar refractivity (Wildman–Crippen MR) is 136 cm³/mol. The minimum absolute atomic E-state index is 0.00542. The van der Waals surface area contributed by atoms with E-state index in [2.05, 4.69) is 19.6 Å². The fourth-order valence-electron chi connectivity index (χ4n) is 3.44. The van der Waals surface area contributed by atoms with Gasteiger partial charge < -0.3 is 35.3 Å². The first-order valence-corrected chi connectivity index (χ1v) is 12.2. The Bertz CT molecular complexity index is 1050. The van der Waals surface area contributed by atoms with Gasteiger partial charge in [0.25, 0.3) is 0 Å². The van der Waals surface area contributed by atoms with Crippen LogP contribution in [0, 0.1) is 25.7 Å². The first-order chi connectivity index (χ1) is 18.2. The lowest BCUT2D eigenvalue weighted by Crippen LogP contribution is -2.54. The van der Waals surface area contributed by atoms with Gasteiger partial charge in [-0.25, -0.2) is 14.4 Å². The molecule has 0 saturated heterocycles. The molecule has 0 saturated carbocycles. The van der Waals surface area contributed by atoms with E-state index in [-0.39, 0.29) is 23.5 Å². The largest absolute Gasteiger partial charge is 0.546 e. The van der Waals surface area contributed by atoms with E-state index >= 15 is 0 Å². The molecule has 39 heavy (non-hydrogen) atoms. The summed E-state index contributed by atoms with van der Waals surface area (Å²) in [5.41, 5.74) is 5.45. The Morgan fingerprint density at radius 2 is 1.21 bits per heavy atom. The minimum atomic E-state index is -2.33. The van der Waals surface area contributed by atoms with Crippen molar-refractivity contribution in [3.05, 3.63) is 70.8 Å². The number of hydrogen-bond acceptors (Lipinski definition) is 8. The molecular formula is C28H35NO10. The molecule has 2 aromatic rings. The first-order valence-electron chi connectivity index (χ1n) is 12.2. The van der Waals surface area contributed by atoms with Gasteiger partial charge >= 0.3 is 23.9 Å². The van der Waals surface area contributed by atoms with Crippen LogP contribution >= 0.6 is 0 Å². The van der Waals surface area contributed by atoms with E-state index in [1.165, 1.54) is 24.3 Å². The standard InChI is InChI=1S/C20H18O8.C8H17NO2/c1-11-3-7-13(8-4-11)19(25)27-15(17(21)22)16(18(23)24)28-20(26)14-9-5-12(2)6-10-14;1-6(2)3-7(5-9)4-8(10)11/h3-10,15-16H,1-2H3,(H,21,22)(H,23,24);6-7H,3-5,9H2,1-2H3,(H,10,11)/t15-,16-;/m1./s1. The number of carbonyl (C=O) groups excluding carboxylic acids is 3. The number of hydrogen-bond donors (Lipinski definition) is 3. The van der Waals surface area contributed by atoms with E-state index in [0.29, 0.717) is 5.92 Å². The monoisotopic (exact) mass is 545 g/mol. The second kappa shape index (κ2) is 15.9. The maximum Gasteiger partial charge on any atom is 0.349 e. The van der Waals surface area contributed by atoms with Crippen LogP contribution in [0.5, 0.6) is 0 Å². The smallest absolute Gasteiger partial charge is 0.349 e. The summed E-state index contributed by atoms with van der Waals surface area (Å²) in [5.74, 6) is -5.86. The topological polar surface area (TPSA) is 195 Å². The van der Waals surface area contributed by atoms with Crippen LogP contribution in [0.2, 0.25) is 0 Å². The Kier molecular flexibility index (Phi) is 13.3. The summed E-state index contributed by atoms with van der Waals surface area (Å²) < 4.78 is 9.54. The van der Waals surface area contributed by atoms with Crippen LogP contribution in [0.15, 0.2) is 48.5 Å². The molecule has 5 N–H and O–H groups in total. The van der Waals surface area contributed by atoms with Gasteiger partial charge in [0.2, 0.25) is 6.10 Å². The van der Waals surface area contributed by atoms with Crippen LogP contribution in [0.1, 0.15) is 58.5 Å². The highest BCUT2D eigenvalue weighted by Gasteiger charge is 2.36. The van der Waals surface area contributed by atoms with Crippen LogP contribution in [0.3, 0.4) is 0 Å². The SMILES string of the molecule is CC(C)CC(C[NH3+])CC(=O)O.Cc1ccc(C(=O)O[C@@H](C(=O)[O-])[C@@H](OC(=O)c2ccc(C)cc2)C(=O)O)cc1. The van der Waals surface area contributed by atoms with Crippen molar-refractivity contribution in [3.8, 4) is 0 Å². The van der Waals surface area contributed by atoms with Crippen LogP contribution in [-0.4, -0.2) is 58.8 Å². The second-order valence-electron chi connectivity index (χ2n) is 9.42. The number of quaternary nitrogens is 1. The van der Waals surface area contributed by atoms with Gasteiger partial charge in [0.15, 0.2) is 6.10 Å². The molecule has 1 unspecified atom stereocenters. The molecule has 212 valence electrons. The second-order valence-corrected chi connectivity index (χ2v) is 9.42. The molecule has 0 heterocycles. The summed E-state index contributed by atoms with van der Waals surface area (Å²) in [6.07, 6.45) is -3.38. The molecule has 0 fully saturated rings. The summed E-state index contributed by atoms with van der Waals surface area (Å²) in [7, 11) is 0. The number of carboxylic acid groups (broad SMARTS) is 3. The number of carboxylic acids is 3. The molecular weight excluding hydrogens is 510 g/mol. The van der Waals surface area contributed by atoms with Crippen molar-refractivity contribution in [2.24, 2.45) is 11.8 Å². The molecule has 0 aliphatic carbocycles. The maximum absolute atomic E-state index is 12.2. The fourth-order valence-corrected chi connectivity index (χ4v) is 3.44. The van der Waals surface area contributed by atoms with Gasteiger partial charge in [-0.3, -0.25) is 4.79 Å². The van der Waals surface area contributed by atoms with Crippen LogP contribution in [0.25, 0.3) is 0 Å². The Labute approximate surface area is 226 Å². The molecule has 3 atom stereocenters. The zero-order chi connectivity index (χ0) is 29.7. The van der Waals surface area contributed by atoms with Gasteiger partial charge in [-0.15, -0.1) is 0 Å². The lowest BCUT2D eigenvalue weighted by molar-refractivity contribution is -0.379. The third-order valence-corrected chi connectivity index (χ3v) is 5.47. The molecule has 11 nitrogen and oxygen atoms in total. The summed E-state index contributed by atoms with van der Waals surface area (Å²) >= 11 is 0. The maximum atomic E-state index is 12.2. The first kappa shape index (κ1) is 32.8. The van der Waals surface area contributed by atoms with Gasteiger partial charge in [-0.2, -0.15) is 0 Å². The van der Waals surface area contributed by atoms with Gasteiger partial charge in [-0.05, 0) is 50.5 Å². The predicted octanol–water partition coefficient (Wildman–Crippen LogP) is 1.25. The molecule has 0 bridgehead atoms. The summed E-state index contributed by atoms with van der Waals surface area (Å²) in [6, 6.07) is 11.9. The van der Waals surface area contributed by atoms with E-state index in [9.17, 15) is 34.2 Å². The zero-order valence-electron chi connectivity index (χ0n) is 22.4. The number of carbonyl (C=O) groups is 5. The van der Waals surface area contributed by atoms with Crippen molar-refractivity contribution in [2.75, 3.05) is 6.54 Å².